The molecule has 0 unspecified atom stereocenters. The van der Waals surface area contributed by atoms with Gasteiger partial charge in [-0.1, -0.05) is 36.4 Å². The van der Waals surface area contributed by atoms with Gasteiger partial charge in [0.2, 0.25) is 5.95 Å². The van der Waals surface area contributed by atoms with E-state index >= 15 is 0 Å². The van der Waals surface area contributed by atoms with Crippen LogP contribution < -0.4 is 11.0 Å². The largest absolute Gasteiger partial charge is 0.268 e. The van der Waals surface area contributed by atoms with E-state index in [4.69, 9.17) is 0 Å². The van der Waals surface area contributed by atoms with E-state index < -0.39 is 0 Å². The molecule has 2 heterocycles. The van der Waals surface area contributed by atoms with E-state index in [0.29, 0.717) is 28.2 Å². The second kappa shape index (κ2) is 6.98. The first-order valence-corrected chi connectivity index (χ1v) is 8.10. The molecule has 6 nitrogen and oxygen atoms in total. The lowest BCUT2D eigenvalue weighted by atomic mass is 10.2. The average Bonchev–Trinajstić information content (AvgIpc) is 2.70. The van der Waals surface area contributed by atoms with Crippen molar-refractivity contribution in [1.29, 1.82) is 0 Å². The van der Waals surface area contributed by atoms with E-state index in [1.54, 1.807) is 24.5 Å². The van der Waals surface area contributed by atoms with Crippen molar-refractivity contribution in [2.24, 2.45) is 5.10 Å². The highest BCUT2D eigenvalue weighted by atomic mass is 16.1. The predicted octanol–water partition coefficient (Wildman–Crippen LogP) is 3.23. The van der Waals surface area contributed by atoms with Gasteiger partial charge in [0.25, 0.3) is 5.56 Å². The van der Waals surface area contributed by atoms with Gasteiger partial charge >= 0.3 is 0 Å². The van der Waals surface area contributed by atoms with E-state index in [-0.39, 0.29) is 5.56 Å². The Kier molecular flexibility index (Phi) is 4.22. The molecule has 4 aromatic rings. The third-order valence-corrected chi connectivity index (χ3v) is 3.84. The number of nitrogens with zero attached hydrogens (tertiary/aromatic N) is 4. The number of aromatic nitrogens is 3. The summed E-state index contributed by atoms with van der Waals surface area (Å²) >= 11 is 0. The molecule has 0 aliphatic carbocycles. The van der Waals surface area contributed by atoms with Crippen molar-refractivity contribution < 1.29 is 0 Å². The van der Waals surface area contributed by atoms with Crippen LogP contribution in [0.4, 0.5) is 5.95 Å². The Morgan fingerprint density at radius 2 is 1.69 bits per heavy atom. The summed E-state index contributed by atoms with van der Waals surface area (Å²) in [5.74, 6) is 0.340. The van der Waals surface area contributed by atoms with Crippen LogP contribution in [0, 0.1) is 0 Å². The van der Waals surface area contributed by atoms with Crippen LogP contribution in [0.5, 0.6) is 0 Å². The van der Waals surface area contributed by atoms with Gasteiger partial charge in [-0.2, -0.15) is 5.10 Å². The zero-order valence-electron chi connectivity index (χ0n) is 13.8. The maximum atomic E-state index is 13.0. The van der Waals surface area contributed by atoms with Crippen LogP contribution in [0.2, 0.25) is 0 Å². The minimum absolute atomic E-state index is 0.155. The summed E-state index contributed by atoms with van der Waals surface area (Å²) in [6.07, 6.45) is 3.27. The molecule has 0 saturated carbocycles. The van der Waals surface area contributed by atoms with E-state index in [1.807, 2.05) is 60.7 Å². The molecule has 0 fully saturated rings. The quantitative estimate of drug-likeness (QED) is 0.457. The number of anilines is 1. The van der Waals surface area contributed by atoms with Crippen molar-refractivity contribution in [1.82, 2.24) is 14.5 Å². The number of para-hydroxylation sites is 2. The number of fused-ring (bicyclic) bond motifs is 1. The van der Waals surface area contributed by atoms with Gasteiger partial charge in [0.15, 0.2) is 0 Å². The molecule has 0 amide bonds. The summed E-state index contributed by atoms with van der Waals surface area (Å²) in [7, 11) is 0. The molecule has 0 bridgehead atoms. The second-order valence-electron chi connectivity index (χ2n) is 5.55. The molecule has 26 heavy (non-hydrogen) atoms. The van der Waals surface area contributed by atoms with Crippen LogP contribution in [0.25, 0.3) is 16.6 Å². The number of nitrogens with one attached hydrogen (secondary N) is 1. The normalized spacial score (nSPS) is 11.1. The molecule has 0 aliphatic rings. The molecule has 0 radical (unpaired) electrons. The standard InChI is InChI=1S/C20H15N5O/c26-19-17-11-4-5-12-18(17)23-20(25(19)16-9-2-1-3-10-16)24-22-14-15-8-6-7-13-21-15/h1-14H,(H,23,24)/b22-14+. The summed E-state index contributed by atoms with van der Waals surface area (Å²) < 4.78 is 1.51. The van der Waals surface area contributed by atoms with Crippen molar-refractivity contribution >= 4 is 23.1 Å². The molecule has 0 atom stereocenters. The molecule has 126 valence electrons. The van der Waals surface area contributed by atoms with Crippen LogP contribution in [-0.2, 0) is 0 Å². The highest BCUT2D eigenvalue weighted by molar-refractivity contribution is 5.80. The van der Waals surface area contributed by atoms with Crippen LogP contribution in [0.1, 0.15) is 5.69 Å². The van der Waals surface area contributed by atoms with Crippen molar-refractivity contribution in [3.05, 3.63) is 95.0 Å². The smallest absolute Gasteiger partial charge is 0.267 e. The van der Waals surface area contributed by atoms with Crippen molar-refractivity contribution in [2.45, 2.75) is 0 Å². The van der Waals surface area contributed by atoms with Gasteiger partial charge in [-0.25, -0.2) is 15.0 Å². The Balaban J connectivity index is 1.82. The van der Waals surface area contributed by atoms with Gasteiger partial charge < -0.3 is 0 Å². The van der Waals surface area contributed by atoms with Gasteiger partial charge in [-0.05, 0) is 36.4 Å². The molecular weight excluding hydrogens is 326 g/mol. The first kappa shape index (κ1) is 15.7. The molecule has 2 aromatic heterocycles. The van der Waals surface area contributed by atoms with Crippen LogP contribution in [0.15, 0.2) is 88.9 Å². The zero-order valence-corrected chi connectivity index (χ0v) is 13.8. The predicted molar refractivity (Wildman–Crippen MR) is 103 cm³/mol. The fraction of sp³-hybridized carbons (Fsp3) is 0. The molecule has 2 aromatic carbocycles. The van der Waals surface area contributed by atoms with Gasteiger partial charge in [0, 0.05) is 6.20 Å². The summed E-state index contributed by atoms with van der Waals surface area (Å²) in [6.45, 7) is 0. The molecule has 6 heteroatoms. The number of pyridine rings is 1. The first-order chi connectivity index (χ1) is 12.8. The van der Waals surface area contributed by atoms with Crippen LogP contribution in [0.3, 0.4) is 0 Å². The molecule has 0 spiro atoms. The Hall–Kier alpha value is -3.80. The Labute approximate surface area is 149 Å². The first-order valence-electron chi connectivity index (χ1n) is 8.10. The van der Waals surface area contributed by atoms with E-state index in [1.165, 1.54) is 4.57 Å². The van der Waals surface area contributed by atoms with Gasteiger partial charge in [0.05, 0.1) is 28.5 Å². The minimum atomic E-state index is -0.155. The third kappa shape index (κ3) is 3.08. The summed E-state index contributed by atoms with van der Waals surface area (Å²) in [4.78, 5) is 21.7. The number of hydrazone groups is 1. The second-order valence-corrected chi connectivity index (χ2v) is 5.55. The average molecular weight is 341 g/mol. The fourth-order valence-corrected chi connectivity index (χ4v) is 2.63. The highest BCUT2D eigenvalue weighted by Crippen LogP contribution is 2.16. The highest BCUT2D eigenvalue weighted by Gasteiger charge is 2.11. The van der Waals surface area contributed by atoms with Crippen molar-refractivity contribution in [3.8, 4) is 5.69 Å². The fourth-order valence-electron chi connectivity index (χ4n) is 2.63. The number of rotatable bonds is 4. The molecule has 0 aliphatic heterocycles. The van der Waals surface area contributed by atoms with Gasteiger partial charge in [-0.3, -0.25) is 9.78 Å². The summed E-state index contributed by atoms with van der Waals surface area (Å²) in [5, 5.41) is 4.74. The molecule has 0 saturated heterocycles. The molecule has 1 N–H and O–H groups in total. The Bertz CT molecular complexity index is 1120. The topological polar surface area (TPSA) is 72.2 Å². The lowest BCUT2D eigenvalue weighted by Gasteiger charge is -2.12. The van der Waals surface area contributed by atoms with Gasteiger partial charge in [0.1, 0.15) is 0 Å². The number of benzene rings is 2. The third-order valence-electron chi connectivity index (χ3n) is 3.84. The van der Waals surface area contributed by atoms with Crippen LogP contribution in [-0.4, -0.2) is 20.7 Å². The number of hydrogen-bond donors (Lipinski definition) is 1. The SMILES string of the molecule is O=c1c2ccccc2nc(N/N=C/c2ccccn2)n1-c1ccccc1. The Morgan fingerprint density at radius 1 is 0.923 bits per heavy atom. The van der Waals surface area contributed by atoms with Crippen molar-refractivity contribution in [3.63, 3.8) is 0 Å². The lowest BCUT2D eigenvalue weighted by molar-refractivity contribution is 0.956. The summed E-state index contributed by atoms with van der Waals surface area (Å²) in [6, 6.07) is 22.1. The molecular formula is C20H15N5O. The minimum Gasteiger partial charge on any atom is -0.268 e. The van der Waals surface area contributed by atoms with Crippen LogP contribution >= 0.6 is 0 Å². The zero-order chi connectivity index (χ0) is 17.8. The van der Waals surface area contributed by atoms with E-state index in [2.05, 4.69) is 20.5 Å². The van der Waals surface area contributed by atoms with Gasteiger partial charge in [-0.15, -0.1) is 0 Å². The lowest BCUT2D eigenvalue weighted by Crippen LogP contribution is -2.22. The van der Waals surface area contributed by atoms with Crippen molar-refractivity contribution in [2.75, 3.05) is 5.43 Å². The maximum absolute atomic E-state index is 13.0. The Morgan fingerprint density at radius 3 is 2.50 bits per heavy atom. The monoisotopic (exact) mass is 341 g/mol. The van der Waals surface area contributed by atoms with E-state index in [9.17, 15) is 4.79 Å². The maximum Gasteiger partial charge on any atom is 0.267 e. The number of hydrogen-bond acceptors (Lipinski definition) is 5. The van der Waals surface area contributed by atoms with E-state index in [0.717, 1.165) is 0 Å². The molecule has 4 rings (SSSR count). The summed E-state index contributed by atoms with van der Waals surface area (Å²) in [5.41, 5.74) is 4.75.